The molecule has 3 aromatic rings. The Hall–Kier alpha value is -4.98. The number of furan rings is 1. The standard InChI is InChI=1S/C22H20N6O8/c1-28(2,3)13-19(29)24-23-12-18-21(27(34)35)20(14-6-4-8-16(10-14)25(30)31)22(36-18)15-7-5-9-17(11-15)26(32)33/h4-12H,13H2,1-3H3/p+1/b23-12+. The van der Waals surface area contributed by atoms with Gasteiger partial charge in [0.05, 0.1) is 42.1 Å². The maximum Gasteiger partial charge on any atom is 0.324 e. The molecule has 0 aliphatic rings. The molecule has 0 saturated carbocycles. The molecule has 0 aliphatic carbocycles. The van der Waals surface area contributed by atoms with Crippen molar-refractivity contribution in [3.05, 3.63) is 84.6 Å². The summed E-state index contributed by atoms with van der Waals surface area (Å²) in [6.45, 7) is 0.0788. The number of non-ortho nitro benzene ring substituents is 2. The molecule has 1 aromatic heterocycles. The summed E-state index contributed by atoms with van der Waals surface area (Å²) in [6, 6.07) is 10.3. The highest BCUT2D eigenvalue weighted by atomic mass is 16.6. The third kappa shape index (κ3) is 5.92. The minimum atomic E-state index is -0.756. The average molecular weight is 497 g/mol. The zero-order valence-corrected chi connectivity index (χ0v) is 19.4. The fraction of sp³-hybridized carbons (Fsp3) is 0.182. The van der Waals surface area contributed by atoms with Crippen LogP contribution in [0, 0.1) is 30.3 Å². The highest BCUT2D eigenvalue weighted by Gasteiger charge is 2.32. The molecule has 0 bridgehead atoms. The molecule has 0 radical (unpaired) electrons. The van der Waals surface area contributed by atoms with E-state index in [9.17, 15) is 35.1 Å². The van der Waals surface area contributed by atoms with Crippen LogP contribution in [-0.2, 0) is 4.79 Å². The third-order valence-electron chi connectivity index (χ3n) is 4.75. The van der Waals surface area contributed by atoms with Gasteiger partial charge in [0.1, 0.15) is 11.3 Å². The van der Waals surface area contributed by atoms with Crippen LogP contribution in [0.4, 0.5) is 17.1 Å². The van der Waals surface area contributed by atoms with E-state index in [4.69, 9.17) is 4.42 Å². The van der Waals surface area contributed by atoms with Crippen LogP contribution in [0.15, 0.2) is 58.0 Å². The van der Waals surface area contributed by atoms with E-state index in [0.29, 0.717) is 4.48 Å². The zero-order valence-electron chi connectivity index (χ0n) is 19.4. The van der Waals surface area contributed by atoms with E-state index >= 15 is 0 Å². The van der Waals surface area contributed by atoms with Crippen molar-refractivity contribution >= 4 is 29.2 Å². The zero-order chi connectivity index (χ0) is 26.6. The molecule has 1 N–H and O–H groups in total. The molecule has 14 nitrogen and oxygen atoms in total. The minimum Gasteiger partial charge on any atom is -0.447 e. The monoisotopic (exact) mass is 497 g/mol. The van der Waals surface area contributed by atoms with E-state index in [2.05, 4.69) is 10.5 Å². The molecule has 0 aliphatic heterocycles. The van der Waals surface area contributed by atoms with E-state index in [1.54, 1.807) is 21.1 Å². The number of nitrogens with zero attached hydrogens (tertiary/aromatic N) is 5. The predicted molar refractivity (Wildman–Crippen MR) is 128 cm³/mol. The molecule has 0 fully saturated rings. The van der Waals surface area contributed by atoms with E-state index in [0.717, 1.165) is 18.3 Å². The topological polar surface area (TPSA) is 184 Å². The van der Waals surface area contributed by atoms with Crippen molar-refractivity contribution in [1.29, 1.82) is 0 Å². The Labute approximate surface area is 203 Å². The van der Waals surface area contributed by atoms with Gasteiger partial charge in [0.25, 0.3) is 17.3 Å². The van der Waals surface area contributed by atoms with Gasteiger partial charge in [0.2, 0.25) is 5.76 Å². The number of nitro benzene ring substituents is 2. The quantitative estimate of drug-likeness (QED) is 0.201. The first-order chi connectivity index (χ1) is 16.9. The summed E-state index contributed by atoms with van der Waals surface area (Å²) in [7, 11) is 5.37. The second kappa shape index (κ2) is 10.1. The van der Waals surface area contributed by atoms with Gasteiger partial charge in [-0.05, 0) is 5.56 Å². The van der Waals surface area contributed by atoms with Crippen LogP contribution in [-0.4, -0.2) is 59.1 Å². The van der Waals surface area contributed by atoms with Gasteiger partial charge in [-0.3, -0.25) is 35.1 Å². The molecule has 1 heterocycles. The lowest BCUT2D eigenvalue weighted by Crippen LogP contribution is -2.43. The molecule has 0 spiro atoms. The number of amides is 1. The number of rotatable bonds is 9. The van der Waals surface area contributed by atoms with E-state index in [-0.39, 0.29) is 46.1 Å². The maximum atomic E-state index is 12.1. The lowest BCUT2D eigenvalue weighted by atomic mass is 9.99. The number of likely N-dealkylation sites (N-methyl/N-ethyl adjacent to an activating group) is 1. The Morgan fingerprint density at radius 2 is 1.50 bits per heavy atom. The molecule has 2 aromatic carbocycles. The van der Waals surface area contributed by atoms with Gasteiger partial charge in [-0.2, -0.15) is 5.10 Å². The molecular weight excluding hydrogens is 476 g/mol. The summed E-state index contributed by atoms with van der Waals surface area (Å²) in [6.07, 6.45) is 0.938. The van der Waals surface area contributed by atoms with Crippen molar-refractivity contribution in [1.82, 2.24) is 5.43 Å². The largest absolute Gasteiger partial charge is 0.447 e. The third-order valence-corrected chi connectivity index (χ3v) is 4.75. The van der Waals surface area contributed by atoms with Gasteiger partial charge in [-0.25, -0.2) is 5.43 Å². The summed E-state index contributed by atoms with van der Waals surface area (Å²) in [5, 5.41) is 38.4. The van der Waals surface area contributed by atoms with Gasteiger partial charge in [0.15, 0.2) is 6.54 Å². The number of quaternary nitrogens is 1. The highest BCUT2D eigenvalue weighted by molar-refractivity contribution is 5.96. The van der Waals surface area contributed by atoms with Gasteiger partial charge >= 0.3 is 5.69 Å². The molecular formula is C22H21N6O8+. The number of hydrogen-bond acceptors (Lipinski definition) is 9. The number of carbonyl (C=O) groups excluding carboxylic acids is 1. The smallest absolute Gasteiger partial charge is 0.324 e. The summed E-state index contributed by atoms with van der Waals surface area (Å²) in [5.41, 5.74) is 1.14. The molecule has 186 valence electrons. The summed E-state index contributed by atoms with van der Waals surface area (Å²) in [4.78, 5) is 44.7. The number of carbonyl (C=O) groups is 1. The maximum absolute atomic E-state index is 12.1. The molecule has 0 atom stereocenters. The summed E-state index contributed by atoms with van der Waals surface area (Å²) >= 11 is 0. The SMILES string of the molecule is C[N+](C)(C)CC(=O)N/N=C/c1oc(-c2cccc([N+](=O)[O-])c2)c(-c2cccc([N+](=O)[O-])c2)c1[N+](=O)[O-]. The van der Waals surface area contributed by atoms with Crippen molar-refractivity contribution < 1.29 is 28.5 Å². The molecule has 3 rings (SSSR count). The predicted octanol–water partition coefficient (Wildman–Crippen LogP) is 3.49. The molecule has 14 heteroatoms. The molecule has 0 unspecified atom stereocenters. The number of nitrogens with one attached hydrogen (secondary N) is 1. The van der Waals surface area contributed by atoms with Gasteiger partial charge in [-0.1, -0.05) is 24.3 Å². The van der Waals surface area contributed by atoms with Crippen molar-refractivity contribution in [2.45, 2.75) is 0 Å². The first kappa shape index (κ1) is 25.6. The van der Waals surface area contributed by atoms with Crippen LogP contribution in [0.25, 0.3) is 22.5 Å². The lowest BCUT2D eigenvalue weighted by molar-refractivity contribution is -0.862. The Morgan fingerprint density at radius 1 is 0.944 bits per heavy atom. The normalized spacial score (nSPS) is 11.4. The summed E-state index contributed by atoms with van der Waals surface area (Å²) in [5.74, 6) is -0.954. The Kier molecular flexibility index (Phi) is 7.20. The fourth-order valence-corrected chi connectivity index (χ4v) is 3.34. The van der Waals surface area contributed by atoms with Crippen LogP contribution in [0.1, 0.15) is 5.76 Å². The van der Waals surface area contributed by atoms with Gasteiger partial charge in [-0.15, -0.1) is 0 Å². The first-order valence-corrected chi connectivity index (χ1v) is 10.3. The Morgan fingerprint density at radius 3 is 2.03 bits per heavy atom. The average Bonchev–Trinajstić information content (AvgIpc) is 3.18. The summed E-state index contributed by atoms with van der Waals surface area (Å²) < 4.78 is 6.04. The second-order valence-electron chi connectivity index (χ2n) is 8.63. The van der Waals surface area contributed by atoms with E-state index in [1.807, 2.05) is 0 Å². The number of benzene rings is 2. The van der Waals surface area contributed by atoms with Crippen molar-refractivity contribution in [2.24, 2.45) is 5.10 Å². The van der Waals surface area contributed by atoms with Gasteiger partial charge in [0, 0.05) is 29.8 Å². The van der Waals surface area contributed by atoms with Crippen molar-refractivity contribution in [3.8, 4) is 22.5 Å². The van der Waals surface area contributed by atoms with Crippen LogP contribution in [0.2, 0.25) is 0 Å². The fourth-order valence-electron chi connectivity index (χ4n) is 3.34. The number of hydrogen-bond donors (Lipinski definition) is 1. The van der Waals surface area contributed by atoms with Crippen LogP contribution >= 0.6 is 0 Å². The van der Waals surface area contributed by atoms with Crippen LogP contribution < -0.4 is 5.43 Å². The lowest BCUT2D eigenvalue weighted by Gasteiger charge is -2.21. The molecule has 0 saturated heterocycles. The molecule has 1 amide bonds. The van der Waals surface area contributed by atoms with E-state index < -0.39 is 26.4 Å². The number of nitro groups is 3. The Bertz CT molecular complexity index is 1390. The van der Waals surface area contributed by atoms with E-state index in [1.165, 1.54) is 36.4 Å². The Balaban J connectivity index is 2.20. The van der Waals surface area contributed by atoms with Gasteiger partial charge < -0.3 is 8.90 Å². The van der Waals surface area contributed by atoms with Crippen molar-refractivity contribution in [2.75, 3.05) is 27.7 Å². The number of hydrazone groups is 1. The first-order valence-electron chi connectivity index (χ1n) is 10.3. The minimum absolute atomic E-state index is 0.0786. The van der Waals surface area contributed by atoms with Crippen LogP contribution in [0.5, 0.6) is 0 Å². The molecule has 36 heavy (non-hydrogen) atoms. The van der Waals surface area contributed by atoms with Crippen LogP contribution in [0.3, 0.4) is 0 Å². The second-order valence-corrected chi connectivity index (χ2v) is 8.63. The van der Waals surface area contributed by atoms with Crippen molar-refractivity contribution in [3.63, 3.8) is 0 Å². The highest BCUT2D eigenvalue weighted by Crippen LogP contribution is 2.44.